The van der Waals surface area contributed by atoms with E-state index in [1.165, 1.54) is 37.9 Å². The van der Waals surface area contributed by atoms with Gasteiger partial charge in [-0.15, -0.1) is 0 Å². The molecule has 3 aromatic rings. The minimum atomic E-state index is -0.762. The van der Waals surface area contributed by atoms with Gasteiger partial charge in [0, 0.05) is 13.6 Å². The maximum absolute atomic E-state index is 14.1. The molecule has 1 aromatic carbocycles. The topological polar surface area (TPSA) is 97.9 Å². The van der Waals surface area contributed by atoms with Crippen LogP contribution in [-0.4, -0.2) is 27.2 Å². The summed E-state index contributed by atoms with van der Waals surface area (Å²) >= 11 is 0.861. The number of hydrogen-bond acceptors (Lipinski definition) is 6. The number of anilines is 3. The second kappa shape index (κ2) is 9.01. The molecule has 4 rings (SSSR count). The summed E-state index contributed by atoms with van der Waals surface area (Å²) in [6.45, 7) is 0.780. The second-order valence-electron chi connectivity index (χ2n) is 7.68. The standard InChI is InChI=1S/C21H24F2N6OS/c1-29-19(25-10-9-12-5-2-3-6-12)15(11-26-29)27-20(30)17-18(24)31-21(28-17)16-13(22)7-4-8-14(16)23/h4,7-8,11-12,25H,2-3,5-6,9-10,24H2,1H3,(H,27,30). The molecule has 7 nitrogen and oxygen atoms in total. The van der Waals surface area contributed by atoms with Crippen molar-refractivity contribution in [2.45, 2.75) is 32.1 Å². The molecule has 0 unspecified atom stereocenters. The number of halogens is 2. The summed E-state index contributed by atoms with van der Waals surface area (Å²) in [6.07, 6.45) is 7.73. The first kappa shape index (κ1) is 21.2. The number of carbonyl (C=O) groups excluding carboxylic acids is 1. The highest BCUT2D eigenvalue weighted by Gasteiger charge is 2.23. The van der Waals surface area contributed by atoms with Crippen molar-refractivity contribution in [2.75, 3.05) is 22.9 Å². The lowest BCUT2D eigenvalue weighted by Gasteiger charge is -2.13. The van der Waals surface area contributed by atoms with Gasteiger partial charge in [0.1, 0.15) is 33.1 Å². The van der Waals surface area contributed by atoms with Gasteiger partial charge < -0.3 is 16.4 Å². The largest absolute Gasteiger partial charge is 0.389 e. The van der Waals surface area contributed by atoms with E-state index in [1.807, 2.05) is 0 Å². The third kappa shape index (κ3) is 4.53. The van der Waals surface area contributed by atoms with Crippen LogP contribution < -0.4 is 16.4 Å². The van der Waals surface area contributed by atoms with Crippen molar-refractivity contribution < 1.29 is 13.6 Å². The molecule has 1 saturated carbocycles. The number of aryl methyl sites for hydroxylation is 1. The van der Waals surface area contributed by atoms with Crippen molar-refractivity contribution in [3.8, 4) is 10.6 Å². The van der Waals surface area contributed by atoms with Crippen LogP contribution >= 0.6 is 11.3 Å². The molecule has 164 valence electrons. The number of thiazole rings is 1. The summed E-state index contributed by atoms with van der Waals surface area (Å²) < 4.78 is 29.8. The molecule has 31 heavy (non-hydrogen) atoms. The zero-order valence-electron chi connectivity index (χ0n) is 17.1. The van der Waals surface area contributed by atoms with Crippen molar-refractivity contribution in [3.05, 3.63) is 41.7 Å². The van der Waals surface area contributed by atoms with Gasteiger partial charge in [0.15, 0.2) is 5.69 Å². The van der Waals surface area contributed by atoms with Crippen LogP contribution in [0.3, 0.4) is 0 Å². The Kier molecular flexibility index (Phi) is 6.17. The van der Waals surface area contributed by atoms with Gasteiger partial charge in [0.25, 0.3) is 5.91 Å². The molecule has 1 aliphatic rings. The molecule has 2 heterocycles. The Morgan fingerprint density at radius 3 is 2.71 bits per heavy atom. The molecule has 4 N–H and O–H groups in total. The first-order valence-corrected chi connectivity index (χ1v) is 11.0. The number of nitrogens with two attached hydrogens (primary N) is 1. The Balaban J connectivity index is 1.48. The first-order valence-electron chi connectivity index (χ1n) is 10.2. The van der Waals surface area contributed by atoms with Crippen LogP contribution in [0.15, 0.2) is 24.4 Å². The summed E-state index contributed by atoms with van der Waals surface area (Å²) in [4.78, 5) is 16.9. The summed E-state index contributed by atoms with van der Waals surface area (Å²) in [5.74, 6) is -0.668. The number of nitrogens with one attached hydrogen (secondary N) is 2. The van der Waals surface area contributed by atoms with Crippen LogP contribution in [0, 0.1) is 17.6 Å². The van der Waals surface area contributed by atoms with E-state index >= 15 is 0 Å². The number of nitrogen functional groups attached to an aromatic ring is 1. The number of hydrogen-bond donors (Lipinski definition) is 3. The number of rotatable bonds is 7. The van der Waals surface area contributed by atoms with Gasteiger partial charge in [-0.1, -0.05) is 43.1 Å². The van der Waals surface area contributed by atoms with E-state index in [0.717, 1.165) is 42.4 Å². The fourth-order valence-corrected chi connectivity index (χ4v) is 4.79. The average molecular weight is 447 g/mol. The van der Waals surface area contributed by atoms with Crippen LogP contribution in [0.1, 0.15) is 42.6 Å². The van der Waals surface area contributed by atoms with Gasteiger partial charge in [-0.2, -0.15) is 5.10 Å². The molecule has 10 heteroatoms. The Morgan fingerprint density at radius 2 is 2.00 bits per heavy atom. The van der Waals surface area contributed by atoms with Crippen LogP contribution in [0.5, 0.6) is 0 Å². The van der Waals surface area contributed by atoms with Crippen LogP contribution in [-0.2, 0) is 7.05 Å². The molecule has 0 atom stereocenters. The highest BCUT2D eigenvalue weighted by Crippen LogP contribution is 2.34. The van der Waals surface area contributed by atoms with Crippen LogP contribution in [0.4, 0.5) is 25.3 Å². The molecule has 1 fully saturated rings. The highest BCUT2D eigenvalue weighted by atomic mass is 32.1. The fourth-order valence-electron chi connectivity index (χ4n) is 3.92. The maximum atomic E-state index is 14.1. The smallest absolute Gasteiger partial charge is 0.277 e. The normalized spacial score (nSPS) is 14.2. The number of nitrogens with zero attached hydrogens (tertiary/aromatic N) is 3. The van der Waals surface area contributed by atoms with Crippen LogP contribution in [0.25, 0.3) is 10.6 Å². The lowest BCUT2D eigenvalue weighted by Crippen LogP contribution is -2.16. The Morgan fingerprint density at radius 1 is 1.29 bits per heavy atom. The molecule has 0 saturated heterocycles. The molecular weight excluding hydrogens is 422 g/mol. The fraction of sp³-hybridized carbons (Fsp3) is 0.381. The maximum Gasteiger partial charge on any atom is 0.277 e. The zero-order valence-corrected chi connectivity index (χ0v) is 17.9. The van der Waals surface area contributed by atoms with E-state index in [-0.39, 0.29) is 21.3 Å². The van der Waals surface area contributed by atoms with Gasteiger partial charge >= 0.3 is 0 Å². The third-order valence-electron chi connectivity index (χ3n) is 5.55. The third-order valence-corrected chi connectivity index (χ3v) is 6.45. The van der Waals surface area contributed by atoms with Crippen LogP contribution in [0.2, 0.25) is 0 Å². The summed E-state index contributed by atoms with van der Waals surface area (Å²) in [5, 5.41) is 10.4. The zero-order chi connectivity index (χ0) is 22.0. The Hall–Kier alpha value is -3.01. The minimum absolute atomic E-state index is 0.0133. The van der Waals surface area contributed by atoms with Gasteiger partial charge in [0.05, 0.1) is 11.8 Å². The number of aromatic nitrogens is 3. The summed E-state index contributed by atoms with van der Waals surface area (Å²) in [5.41, 5.74) is 6.05. The monoisotopic (exact) mass is 446 g/mol. The quantitative estimate of drug-likeness (QED) is 0.491. The average Bonchev–Trinajstić information content (AvgIpc) is 3.45. The number of amides is 1. The Bertz CT molecular complexity index is 1070. The van der Waals surface area contributed by atoms with E-state index in [4.69, 9.17) is 5.73 Å². The minimum Gasteiger partial charge on any atom is -0.389 e. The predicted octanol–water partition coefficient (Wildman–Crippen LogP) is 4.65. The van der Waals surface area contributed by atoms with Gasteiger partial charge in [-0.05, 0) is 24.5 Å². The van der Waals surface area contributed by atoms with E-state index in [1.54, 1.807) is 11.7 Å². The lowest BCUT2D eigenvalue weighted by molar-refractivity contribution is 0.102. The highest BCUT2D eigenvalue weighted by molar-refractivity contribution is 7.19. The molecule has 2 aromatic heterocycles. The van der Waals surface area contributed by atoms with Gasteiger partial charge in [0.2, 0.25) is 0 Å². The molecule has 0 spiro atoms. The van der Waals surface area contributed by atoms with Crippen molar-refractivity contribution >= 4 is 33.8 Å². The number of benzene rings is 1. The number of carbonyl (C=O) groups is 1. The van der Waals surface area contributed by atoms with E-state index < -0.39 is 17.5 Å². The second-order valence-corrected chi connectivity index (χ2v) is 8.71. The van der Waals surface area contributed by atoms with E-state index in [9.17, 15) is 13.6 Å². The van der Waals surface area contributed by atoms with Crippen molar-refractivity contribution in [1.29, 1.82) is 0 Å². The summed E-state index contributed by atoms with van der Waals surface area (Å²) in [7, 11) is 1.78. The van der Waals surface area contributed by atoms with E-state index in [0.29, 0.717) is 11.5 Å². The Labute approximate surface area is 182 Å². The molecule has 1 amide bonds. The molecule has 0 aliphatic heterocycles. The molecule has 0 bridgehead atoms. The van der Waals surface area contributed by atoms with Crippen molar-refractivity contribution in [3.63, 3.8) is 0 Å². The molecule has 1 aliphatic carbocycles. The van der Waals surface area contributed by atoms with Gasteiger partial charge in [-0.25, -0.2) is 13.8 Å². The molecule has 0 radical (unpaired) electrons. The predicted molar refractivity (Wildman–Crippen MR) is 118 cm³/mol. The van der Waals surface area contributed by atoms with Gasteiger partial charge in [-0.3, -0.25) is 9.48 Å². The lowest BCUT2D eigenvalue weighted by atomic mass is 10.0. The van der Waals surface area contributed by atoms with Crippen molar-refractivity contribution in [2.24, 2.45) is 13.0 Å². The first-order chi connectivity index (χ1) is 14.9. The SMILES string of the molecule is Cn1ncc(NC(=O)c2nc(-c3c(F)cccc3F)sc2N)c1NCCC1CCCC1. The van der Waals surface area contributed by atoms with E-state index in [2.05, 4.69) is 20.7 Å². The van der Waals surface area contributed by atoms with Crippen molar-refractivity contribution in [1.82, 2.24) is 14.8 Å². The summed E-state index contributed by atoms with van der Waals surface area (Å²) in [6, 6.07) is 3.53. The molecular formula is C21H24F2N6OS.